The molecule has 0 heteroatoms. The Kier molecular flexibility index (Phi) is 3.99. The van der Waals surface area contributed by atoms with E-state index in [1.807, 2.05) is 0 Å². The SMILES string of the molecule is C=C(C)c1cc(C)cc(CCc2ccccc2)c1. The largest absolute Gasteiger partial charge is 0.0955 e. The minimum absolute atomic E-state index is 1.09. The zero-order chi connectivity index (χ0) is 13.0. The van der Waals surface area contributed by atoms with Gasteiger partial charge in [-0.3, -0.25) is 0 Å². The first-order valence-electron chi connectivity index (χ1n) is 6.45. The summed E-state index contributed by atoms with van der Waals surface area (Å²) in [6.45, 7) is 8.24. The van der Waals surface area contributed by atoms with Crippen LogP contribution in [0.15, 0.2) is 55.1 Å². The number of allylic oxidation sites excluding steroid dienone is 1. The van der Waals surface area contributed by atoms with E-state index in [4.69, 9.17) is 0 Å². The zero-order valence-electron chi connectivity index (χ0n) is 11.2. The maximum atomic E-state index is 4.03. The van der Waals surface area contributed by atoms with Gasteiger partial charge in [0.2, 0.25) is 0 Å². The molecule has 0 aliphatic rings. The van der Waals surface area contributed by atoms with Crippen molar-refractivity contribution in [1.82, 2.24) is 0 Å². The van der Waals surface area contributed by atoms with Crippen LogP contribution in [0.5, 0.6) is 0 Å². The number of rotatable bonds is 4. The summed E-state index contributed by atoms with van der Waals surface area (Å²) in [6.07, 6.45) is 2.19. The Morgan fingerprint density at radius 1 is 0.944 bits per heavy atom. The third-order valence-electron chi connectivity index (χ3n) is 3.18. The highest BCUT2D eigenvalue weighted by atomic mass is 14.1. The number of hydrogen-bond acceptors (Lipinski definition) is 0. The van der Waals surface area contributed by atoms with E-state index in [1.54, 1.807) is 0 Å². The van der Waals surface area contributed by atoms with Crippen molar-refractivity contribution in [2.24, 2.45) is 0 Å². The molecule has 0 heterocycles. The standard InChI is InChI=1S/C18H20/c1-14(2)18-12-15(3)11-17(13-18)10-9-16-7-5-4-6-8-16/h4-8,11-13H,1,9-10H2,2-3H3. The van der Waals surface area contributed by atoms with E-state index >= 15 is 0 Å². The van der Waals surface area contributed by atoms with Crippen LogP contribution >= 0.6 is 0 Å². The molecule has 0 fully saturated rings. The van der Waals surface area contributed by atoms with E-state index in [0.717, 1.165) is 18.4 Å². The number of hydrogen-bond donors (Lipinski definition) is 0. The van der Waals surface area contributed by atoms with Gasteiger partial charge in [0.1, 0.15) is 0 Å². The van der Waals surface area contributed by atoms with E-state index in [0.29, 0.717) is 0 Å². The molecule has 0 saturated carbocycles. The molecule has 2 rings (SSSR count). The third-order valence-corrected chi connectivity index (χ3v) is 3.18. The highest BCUT2D eigenvalue weighted by Crippen LogP contribution is 2.17. The maximum absolute atomic E-state index is 4.03. The predicted octanol–water partition coefficient (Wildman–Crippen LogP) is 4.81. The van der Waals surface area contributed by atoms with Crippen LogP contribution in [0, 0.1) is 6.92 Å². The van der Waals surface area contributed by atoms with E-state index in [9.17, 15) is 0 Å². The lowest BCUT2D eigenvalue weighted by Crippen LogP contribution is -1.93. The molecule has 0 aliphatic carbocycles. The maximum Gasteiger partial charge on any atom is -0.0228 e. The van der Waals surface area contributed by atoms with Crippen molar-refractivity contribution in [3.63, 3.8) is 0 Å². The van der Waals surface area contributed by atoms with Crippen molar-refractivity contribution in [3.05, 3.63) is 77.4 Å². The molecule has 2 aromatic carbocycles. The van der Waals surface area contributed by atoms with Gasteiger partial charge < -0.3 is 0 Å². The van der Waals surface area contributed by atoms with Crippen LogP contribution in [-0.4, -0.2) is 0 Å². The second-order valence-electron chi connectivity index (χ2n) is 4.97. The van der Waals surface area contributed by atoms with Crippen molar-refractivity contribution >= 4 is 5.57 Å². The van der Waals surface area contributed by atoms with Gasteiger partial charge in [-0.25, -0.2) is 0 Å². The van der Waals surface area contributed by atoms with Gasteiger partial charge in [0.25, 0.3) is 0 Å². The van der Waals surface area contributed by atoms with Crippen molar-refractivity contribution in [2.45, 2.75) is 26.7 Å². The summed E-state index contributed by atoms with van der Waals surface area (Å²) in [4.78, 5) is 0. The molecule has 0 aliphatic heterocycles. The molecule has 0 bridgehead atoms. The minimum atomic E-state index is 1.09. The van der Waals surface area contributed by atoms with Crippen LogP contribution in [-0.2, 0) is 12.8 Å². The van der Waals surface area contributed by atoms with Crippen LogP contribution < -0.4 is 0 Å². The predicted molar refractivity (Wildman–Crippen MR) is 79.7 cm³/mol. The quantitative estimate of drug-likeness (QED) is 0.714. The second kappa shape index (κ2) is 5.68. The highest BCUT2D eigenvalue weighted by molar-refractivity contribution is 5.62. The molecule has 92 valence electrons. The average Bonchev–Trinajstić information content (AvgIpc) is 2.37. The lowest BCUT2D eigenvalue weighted by molar-refractivity contribution is 0.957. The van der Waals surface area contributed by atoms with E-state index in [1.165, 1.54) is 22.3 Å². The van der Waals surface area contributed by atoms with Crippen LogP contribution in [0.2, 0.25) is 0 Å². The fourth-order valence-electron chi connectivity index (χ4n) is 2.19. The molecular weight excluding hydrogens is 216 g/mol. The Labute approximate surface area is 110 Å². The van der Waals surface area contributed by atoms with Gasteiger partial charge in [0.05, 0.1) is 0 Å². The van der Waals surface area contributed by atoms with Crippen LogP contribution in [0.4, 0.5) is 0 Å². The Bertz CT molecular complexity index is 535. The molecule has 0 saturated heterocycles. The molecule has 0 radical (unpaired) electrons. The first kappa shape index (κ1) is 12.6. The molecule has 0 unspecified atom stereocenters. The molecule has 0 atom stereocenters. The zero-order valence-corrected chi connectivity index (χ0v) is 11.2. The van der Waals surface area contributed by atoms with E-state index in [2.05, 4.69) is 69.0 Å². The van der Waals surface area contributed by atoms with E-state index in [-0.39, 0.29) is 0 Å². The summed E-state index contributed by atoms with van der Waals surface area (Å²) >= 11 is 0. The lowest BCUT2D eigenvalue weighted by Gasteiger charge is -2.07. The van der Waals surface area contributed by atoms with Crippen molar-refractivity contribution < 1.29 is 0 Å². The Hall–Kier alpha value is -1.82. The molecule has 0 N–H and O–H groups in total. The second-order valence-corrected chi connectivity index (χ2v) is 4.97. The molecule has 0 spiro atoms. The smallest absolute Gasteiger partial charge is 0.0228 e. The van der Waals surface area contributed by atoms with Gasteiger partial charge >= 0.3 is 0 Å². The Morgan fingerprint density at radius 3 is 2.28 bits per heavy atom. The fourth-order valence-corrected chi connectivity index (χ4v) is 2.19. The number of aryl methyl sites for hydroxylation is 3. The minimum Gasteiger partial charge on any atom is -0.0955 e. The lowest BCUT2D eigenvalue weighted by atomic mass is 9.98. The monoisotopic (exact) mass is 236 g/mol. The summed E-state index contributed by atoms with van der Waals surface area (Å²) < 4.78 is 0. The van der Waals surface area contributed by atoms with Gasteiger partial charge in [-0.15, -0.1) is 0 Å². The highest BCUT2D eigenvalue weighted by Gasteiger charge is 2.00. The molecule has 0 aromatic heterocycles. The molecular formula is C18H20. The third kappa shape index (κ3) is 3.33. The normalized spacial score (nSPS) is 10.3. The van der Waals surface area contributed by atoms with Crippen LogP contribution in [0.3, 0.4) is 0 Å². The summed E-state index contributed by atoms with van der Waals surface area (Å²) in [5.41, 5.74) is 6.52. The van der Waals surface area contributed by atoms with Crippen molar-refractivity contribution in [3.8, 4) is 0 Å². The number of benzene rings is 2. The summed E-state index contributed by atoms with van der Waals surface area (Å²) in [7, 11) is 0. The molecule has 0 nitrogen and oxygen atoms in total. The topological polar surface area (TPSA) is 0 Å². The Balaban J connectivity index is 2.12. The van der Waals surface area contributed by atoms with Gasteiger partial charge in [-0.05, 0) is 43.4 Å². The van der Waals surface area contributed by atoms with Crippen molar-refractivity contribution in [2.75, 3.05) is 0 Å². The van der Waals surface area contributed by atoms with Gasteiger partial charge in [0, 0.05) is 0 Å². The summed E-state index contributed by atoms with van der Waals surface area (Å²) in [6, 6.07) is 17.4. The Morgan fingerprint density at radius 2 is 1.61 bits per heavy atom. The van der Waals surface area contributed by atoms with Crippen LogP contribution in [0.1, 0.15) is 29.2 Å². The van der Waals surface area contributed by atoms with Gasteiger partial charge in [0.15, 0.2) is 0 Å². The first-order valence-corrected chi connectivity index (χ1v) is 6.45. The van der Waals surface area contributed by atoms with Crippen molar-refractivity contribution in [1.29, 1.82) is 0 Å². The average molecular weight is 236 g/mol. The van der Waals surface area contributed by atoms with Gasteiger partial charge in [-0.2, -0.15) is 0 Å². The molecule has 0 amide bonds. The fraction of sp³-hybridized carbons (Fsp3) is 0.222. The summed E-state index contributed by atoms with van der Waals surface area (Å²) in [5, 5.41) is 0. The van der Waals surface area contributed by atoms with Gasteiger partial charge in [-0.1, -0.05) is 66.2 Å². The first-order chi connectivity index (χ1) is 8.65. The van der Waals surface area contributed by atoms with E-state index < -0.39 is 0 Å². The van der Waals surface area contributed by atoms with Crippen LogP contribution in [0.25, 0.3) is 5.57 Å². The summed E-state index contributed by atoms with van der Waals surface area (Å²) in [5.74, 6) is 0. The molecule has 2 aromatic rings. The molecule has 18 heavy (non-hydrogen) atoms.